The van der Waals surface area contributed by atoms with Crippen molar-refractivity contribution >= 4 is 46.5 Å². The van der Waals surface area contributed by atoms with E-state index in [4.69, 9.17) is 28.9 Å². The molecule has 5 N–H and O–H groups in total. The van der Waals surface area contributed by atoms with Gasteiger partial charge in [0, 0.05) is 43.3 Å². The SMILES string of the molecule is Nc1nc(NCCNc2ncc(-c3ncc[nH]3)c(-c3cc(F)c(Cl)cc3Cl)n2)ccc1[N+](=O)[O-]. The van der Waals surface area contributed by atoms with Gasteiger partial charge in [0.2, 0.25) is 11.8 Å². The number of nitrogens with one attached hydrogen (secondary N) is 3. The van der Waals surface area contributed by atoms with Crippen LogP contribution >= 0.6 is 23.2 Å². The monoisotopic (exact) mass is 503 g/mol. The van der Waals surface area contributed by atoms with Crippen LogP contribution in [0.4, 0.5) is 27.7 Å². The largest absolute Gasteiger partial charge is 0.378 e. The topological polar surface area (TPSA) is 161 Å². The summed E-state index contributed by atoms with van der Waals surface area (Å²) in [5, 5.41) is 17.0. The van der Waals surface area contributed by atoms with Gasteiger partial charge >= 0.3 is 5.69 Å². The molecule has 1 aromatic carbocycles. The second-order valence-corrected chi connectivity index (χ2v) is 7.67. The summed E-state index contributed by atoms with van der Waals surface area (Å²) in [5.41, 5.74) is 6.52. The maximum atomic E-state index is 14.2. The Labute approximate surface area is 201 Å². The summed E-state index contributed by atoms with van der Waals surface area (Å²) in [5.74, 6) is 0.296. The first-order valence-corrected chi connectivity index (χ1v) is 10.5. The molecule has 0 aliphatic rings. The van der Waals surface area contributed by atoms with E-state index in [1.807, 2.05) is 0 Å². The van der Waals surface area contributed by atoms with E-state index in [0.717, 1.165) is 0 Å². The van der Waals surface area contributed by atoms with Gasteiger partial charge in [0.1, 0.15) is 17.5 Å². The Morgan fingerprint density at radius 2 is 1.88 bits per heavy atom. The highest BCUT2D eigenvalue weighted by molar-refractivity contribution is 6.36. The zero-order chi connectivity index (χ0) is 24.2. The quantitative estimate of drug-likeness (QED) is 0.118. The summed E-state index contributed by atoms with van der Waals surface area (Å²) in [6, 6.07) is 5.24. The van der Waals surface area contributed by atoms with Gasteiger partial charge < -0.3 is 21.4 Å². The highest BCUT2D eigenvalue weighted by Gasteiger charge is 2.18. The van der Waals surface area contributed by atoms with E-state index < -0.39 is 10.7 Å². The predicted molar refractivity (Wildman–Crippen MR) is 127 cm³/mol. The number of benzene rings is 1. The third-order valence-corrected chi connectivity index (χ3v) is 5.22. The first kappa shape index (κ1) is 23.1. The molecule has 0 saturated heterocycles. The second kappa shape index (κ2) is 9.85. The lowest BCUT2D eigenvalue weighted by Gasteiger charge is -2.12. The normalized spacial score (nSPS) is 10.8. The van der Waals surface area contributed by atoms with Crippen molar-refractivity contribution in [3.05, 3.63) is 68.8 Å². The fourth-order valence-corrected chi connectivity index (χ4v) is 3.52. The Balaban J connectivity index is 1.52. The van der Waals surface area contributed by atoms with E-state index >= 15 is 0 Å². The number of pyridine rings is 1. The van der Waals surface area contributed by atoms with Crippen LogP contribution in [0.1, 0.15) is 0 Å². The minimum Gasteiger partial charge on any atom is -0.378 e. The molecular formula is C20H16Cl2FN9O2. The molecule has 3 heterocycles. The third-order valence-electron chi connectivity index (χ3n) is 4.62. The average molecular weight is 504 g/mol. The Morgan fingerprint density at radius 1 is 1.09 bits per heavy atom. The molecular weight excluding hydrogens is 488 g/mol. The van der Waals surface area contributed by atoms with Gasteiger partial charge in [-0.3, -0.25) is 10.1 Å². The maximum absolute atomic E-state index is 14.2. The Kier molecular flexibility index (Phi) is 6.70. The molecule has 4 rings (SSSR count). The standard InChI is InChI=1S/C20H16Cl2FN9O2/c21-12-8-13(22)14(23)7-10(12)17-11(19-26-4-5-27-19)9-29-20(31-17)28-6-3-25-16-2-1-15(32(33)34)18(24)30-16/h1-2,4-5,7-9H,3,6H2,(H,26,27)(H3,24,25,30)(H,28,29,31). The van der Waals surface area contributed by atoms with Crippen LogP contribution in [-0.4, -0.2) is 42.9 Å². The van der Waals surface area contributed by atoms with E-state index in [1.54, 1.807) is 18.6 Å². The summed E-state index contributed by atoms with van der Waals surface area (Å²) in [6.45, 7) is 0.736. The molecule has 0 aliphatic carbocycles. The Morgan fingerprint density at radius 3 is 2.59 bits per heavy atom. The van der Waals surface area contributed by atoms with Crippen molar-refractivity contribution in [2.45, 2.75) is 0 Å². The average Bonchev–Trinajstić information content (AvgIpc) is 3.34. The molecule has 0 amide bonds. The molecule has 0 spiro atoms. The first-order chi connectivity index (χ1) is 16.3. The van der Waals surface area contributed by atoms with E-state index in [9.17, 15) is 14.5 Å². The van der Waals surface area contributed by atoms with Gasteiger partial charge in [-0.05, 0) is 18.2 Å². The zero-order valence-corrected chi connectivity index (χ0v) is 18.7. The smallest absolute Gasteiger partial charge is 0.311 e. The molecule has 0 atom stereocenters. The van der Waals surface area contributed by atoms with E-state index in [-0.39, 0.29) is 27.5 Å². The van der Waals surface area contributed by atoms with Gasteiger partial charge in [0.05, 0.1) is 26.2 Å². The highest BCUT2D eigenvalue weighted by atomic mass is 35.5. The van der Waals surface area contributed by atoms with Crippen LogP contribution in [0.5, 0.6) is 0 Å². The number of hydrogen-bond donors (Lipinski definition) is 4. The van der Waals surface area contributed by atoms with Crippen LogP contribution in [0.25, 0.3) is 22.6 Å². The van der Waals surface area contributed by atoms with Gasteiger partial charge in [0.15, 0.2) is 0 Å². The number of nitrogen functional groups attached to an aromatic ring is 1. The maximum Gasteiger partial charge on any atom is 0.311 e. The number of hydrogen-bond acceptors (Lipinski definition) is 9. The number of H-pyrrole nitrogens is 1. The number of imidazole rings is 1. The van der Waals surface area contributed by atoms with Crippen molar-refractivity contribution in [3.63, 3.8) is 0 Å². The number of aromatic amines is 1. The molecule has 0 fully saturated rings. The molecule has 0 bridgehead atoms. The molecule has 174 valence electrons. The molecule has 0 aliphatic heterocycles. The molecule has 0 radical (unpaired) electrons. The van der Waals surface area contributed by atoms with Crippen LogP contribution in [0.15, 0.2) is 42.9 Å². The molecule has 34 heavy (non-hydrogen) atoms. The van der Waals surface area contributed by atoms with Crippen molar-refractivity contribution in [3.8, 4) is 22.6 Å². The third kappa shape index (κ3) is 4.97. The van der Waals surface area contributed by atoms with Crippen LogP contribution in [-0.2, 0) is 0 Å². The highest BCUT2D eigenvalue weighted by Crippen LogP contribution is 2.36. The van der Waals surface area contributed by atoms with Crippen LogP contribution in [0.3, 0.4) is 0 Å². The Hall–Kier alpha value is -4.03. The lowest BCUT2D eigenvalue weighted by molar-refractivity contribution is -0.384. The van der Waals surface area contributed by atoms with Gasteiger partial charge in [-0.1, -0.05) is 23.2 Å². The minimum atomic E-state index is -0.640. The lowest BCUT2D eigenvalue weighted by Crippen LogP contribution is -2.16. The van der Waals surface area contributed by atoms with E-state index in [2.05, 4.69) is 35.6 Å². The number of nitro groups is 1. The summed E-state index contributed by atoms with van der Waals surface area (Å²) in [6.07, 6.45) is 4.75. The fourth-order valence-electron chi connectivity index (χ4n) is 3.05. The number of nitrogens with zero attached hydrogens (tertiary/aromatic N) is 5. The van der Waals surface area contributed by atoms with Crippen LogP contribution in [0.2, 0.25) is 10.0 Å². The molecule has 11 nitrogen and oxygen atoms in total. The van der Waals surface area contributed by atoms with Crippen molar-refractivity contribution in [2.24, 2.45) is 0 Å². The van der Waals surface area contributed by atoms with Crippen molar-refractivity contribution in [2.75, 3.05) is 29.5 Å². The van der Waals surface area contributed by atoms with Gasteiger partial charge in [-0.15, -0.1) is 0 Å². The van der Waals surface area contributed by atoms with Crippen LogP contribution in [0, 0.1) is 15.9 Å². The molecule has 0 saturated carbocycles. The number of nitrogens with two attached hydrogens (primary N) is 1. The number of anilines is 3. The number of aromatic nitrogens is 5. The number of rotatable bonds is 8. The van der Waals surface area contributed by atoms with Gasteiger partial charge in [-0.2, -0.15) is 0 Å². The molecule has 3 aromatic heterocycles. The van der Waals surface area contributed by atoms with E-state index in [1.165, 1.54) is 24.3 Å². The molecule has 0 unspecified atom stereocenters. The van der Waals surface area contributed by atoms with Crippen molar-refractivity contribution in [1.29, 1.82) is 0 Å². The lowest BCUT2D eigenvalue weighted by atomic mass is 10.1. The predicted octanol–water partition coefficient (Wildman–Crippen LogP) is 4.39. The zero-order valence-electron chi connectivity index (χ0n) is 17.2. The van der Waals surface area contributed by atoms with Gasteiger partial charge in [0.25, 0.3) is 0 Å². The second-order valence-electron chi connectivity index (χ2n) is 6.85. The minimum absolute atomic E-state index is 0.104. The van der Waals surface area contributed by atoms with Crippen LogP contribution < -0.4 is 16.4 Å². The number of halogens is 3. The van der Waals surface area contributed by atoms with Gasteiger partial charge in [-0.25, -0.2) is 24.3 Å². The summed E-state index contributed by atoms with van der Waals surface area (Å²) in [7, 11) is 0. The first-order valence-electron chi connectivity index (χ1n) is 9.74. The summed E-state index contributed by atoms with van der Waals surface area (Å²) in [4.78, 5) is 30.2. The Bertz CT molecular complexity index is 1350. The van der Waals surface area contributed by atoms with Crippen molar-refractivity contribution in [1.82, 2.24) is 24.9 Å². The molecule has 14 heteroatoms. The van der Waals surface area contributed by atoms with Crippen molar-refractivity contribution < 1.29 is 9.31 Å². The molecule has 4 aromatic rings. The van der Waals surface area contributed by atoms with E-state index in [0.29, 0.717) is 41.6 Å². The summed E-state index contributed by atoms with van der Waals surface area (Å²) < 4.78 is 14.2. The fraction of sp³-hybridized carbons (Fsp3) is 0.100. The summed E-state index contributed by atoms with van der Waals surface area (Å²) >= 11 is 12.2.